The predicted octanol–water partition coefficient (Wildman–Crippen LogP) is 2.95. The number of rotatable bonds is 1. The van der Waals surface area contributed by atoms with E-state index < -0.39 is 11.7 Å². The number of ether oxygens (including phenoxy) is 1. The molecule has 0 aromatic carbocycles. The van der Waals surface area contributed by atoms with Crippen molar-refractivity contribution in [1.29, 1.82) is 0 Å². The molecule has 1 fully saturated rings. The van der Waals surface area contributed by atoms with Crippen molar-refractivity contribution in [3.8, 4) is 0 Å². The molecule has 1 saturated heterocycles. The topological polar surface area (TPSA) is 56.1 Å². The summed E-state index contributed by atoms with van der Waals surface area (Å²) in [6.07, 6.45) is 5.90. The highest BCUT2D eigenvalue weighted by Gasteiger charge is 2.35. The highest BCUT2D eigenvalue weighted by molar-refractivity contribution is 5.67. The molecule has 0 N–H and O–H groups in total. The molecule has 3 rings (SSSR count). The Morgan fingerprint density at radius 1 is 1.43 bits per heavy atom. The number of carbonyl (C=O) groups is 1. The smallest absolute Gasteiger partial charge is 0.435 e. The Hall–Kier alpha value is -2.08. The average Bonchev–Trinajstić information content (AvgIpc) is 3.04. The number of carbonyl (C=O) groups excluding carboxylic acids is 1. The number of nitrogens with zero attached hydrogens (tertiary/aromatic N) is 3. The van der Waals surface area contributed by atoms with E-state index in [0.29, 0.717) is 6.61 Å². The summed E-state index contributed by atoms with van der Waals surface area (Å²) in [6.45, 7) is 6.03. The highest BCUT2D eigenvalue weighted by Crippen LogP contribution is 2.31. The summed E-state index contributed by atoms with van der Waals surface area (Å²) in [5.74, 6) is 0. The first kappa shape index (κ1) is 13.9. The Balaban J connectivity index is 1.84. The quantitative estimate of drug-likeness (QED) is 0.810. The largest absolute Gasteiger partial charge is 0.442 e. The van der Waals surface area contributed by atoms with Crippen LogP contribution in [0.5, 0.6) is 0 Å². The van der Waals surface area contributed by atoms with Gasteiger partial charge in [0.2, 0.25) is 0 Å². The number of pyridine rings is 1. The number of imidazole rings is 1. The van der Waals surface area contributed by atoms with Gasteiger partial charge in [0.05, 0.1) is 12.6 Å². The lowest BCUT2D eigenvalue weighted by Gasteiger charge is -2.27. The molecular formula is C15H19N3O3. The molecule has 0 saturated carbocycles. The van der Waals surface area contributed by atoms with Crippen molar-refractivity contribution in [2.45, 2.75) is 38.8 Å². The van der Waals surface area contributed by atoms with Crippen LogP contribution in [0.1, 0.15) is 38.8 Å². The first-order valence-corrected chi connectivity index (χ1v) is 7.02. The average molecular weight is 289 g/mol. The molecule has 6 heteroatoms. The molecule has 112 valence electrons. The summed E-state index contributed by atoms with van der Waals surface area (Å²) in [4.78, 5) is 21.9. The van der Waals surface area contributed by atoms with Crippen molar-refractivity contribution in [3.63, 3.8) is 0 Å². The number of aromatic nitrogens is 2. The number of hydrogen-bond acceptors (Lipinski definition) is 4. The van der Waals surface area contributed by atoms with Crippen LogP contribution >= 0.6 is 0 Å². The highest BCUT2D eigenvalue weighted by atomic mass is 16.7. The second-order valence-corrected chi connectivity index (χ2v) is 6.10. The molecule has 0 aliphatic carbocycles. The summed E-state index contributed by atoms with van der Waals surface area (Å²) in [5, 5.41) is 1.34. The fourth-order valence-corrected chi connectivity index (χ4v) is 2.39. The Kier molecular flexibility index (Phi) is 3.33. The van der Waals surface area contributed by atoms with Crippen LogP contribution < -0.4 is 0 Å². The third-order valence-corrected chi connectivity index (χ3v) is 3.27. The molecule has 21 heavy (non-hydrogen) atoms. The number of hydrogen-bond donors (Lipinski definition) is 0. The van der Waals surface area contributed by atoms with E-state index in [2.05, 4.69) is 4.98 Å². The molecule has 1 atom stereocenters. The molecule has 1 aliphatic heterocycles. The van der Waals surface area contributed by atoms with E-state index in [4.69, 9.17) is 9.57 Å². The first-order chi connectivity index (χ1) is 9.94. The second-order valence-electron chi connectivity index (χ2n) is 6.10. The van der Waals surface area contributed by atoms with Gasteiger partial charge in [-0.15, -0.1) is 0 Å². The fourth-order valence-electron chi connectivity index (χ4n) is 2.39. The maximum atomic E-state index is 12.2. The van der Waals surface area contributed by atoms with Gasteiger partial charge in [0, 0.05) is 25.0 Å². The standard InChI is InChI=1S/C15H19N3O3/c1-15(2,3)21-14(19)18-12(6-9-20-18)11-4-5-13-16-7-8-17(13)10-11/h4-5,7-8,10,12H,6,9H2,1-3H3. The van der Waals surface area contributed by atoms with Gasteiger partial charge in [0.1, 0.15) is 11.2 Å². The zero-order chi connectivity index (χ0) is 15.0. The second kappa shape index (κ2) is 5.04. The Morgan fingerprint density at radius 3 is 3.00 bits per heavy atom. The SMILES string of the molecule is CC(C)(C)OC(=O)N1OCCC1c1ccc2nccn2c1. The maximum absolute atomic E-state index is 12.2. The van der Waals surface area contributed by atoms with E-state index >= 15 is 0 Å². The van der Waals surface area contributed by atoms with E-state index in [-0.39, 0.29) is 6.04 Å². The molecule has 1 aliphatic rings. The summed E-state index contributed by atoms with van der Waals surface area (Å²) in [7, 11) is 0. The molecule has 0 bridgehead atoms. The van der Waals surface area contributed by atoms with Gasteiger partial charge >= 0.3 is 6.09 Å². The van der Waals surface area contributed by atoms with E-state index in [1.54, 1.807) is 6.20 Å². The number of hydroxylamine groups is 2. The molecule has 1 amide bonds. The molecular weight excluding hydrogens is 270 g/mol. The van der Waals surface area contributed by atoms with Gasteiger partial charge in [0.25, 0.3) is 0 Å². The third-order valence-electron chi connectivity index (χ3n) is 3.27. The minimum atomic E-state index is -0.540. The molecule has 2 aromatic rings. The molecule has 2 aromatic heterocycles. The first-order valence-electron chi connectivity index (χ1n) is 7.02. The lowest BCUT2D eigenvalue weighted by Crippen LogP contribution is -2.35. The third kappa shape index (κ3) is 2.85. The van der Waals surface area contributed by atoms with Crippen LogP contribution in [0.25, 0.3) is 5.65 Å². The maximum Gasteiger partial charge on any atom is 0.435 e. The molecule has 0 radical (unpaired) electrons. The van der Waals surface area contributed by atoms with Crippen molar-refractivity contribution in [1.82, 2.24) is 14.4 Å². The van der Waals surface area contributed by atoms with Gasteiger partial charge in [0.15, 0.2) is 0 Å². The molecule has 6 nitrogen and oxygen atoms in total. The van der Waals surface area contributed by atoms with E-state index in [9.17, 15) is 4.79 Å². The normalized spacial score (nSPS) is 19.2. The lowest BCUT2D eigenvalue weighted by molar-refractivity contribution is -0.125. The van der Waals surface area contributed by atoms with Crippen LogP contribution in [0.2, 0.25) is 0 Å². The Labute approximate surface area is 123 Å². The summed E-state index contributed by atoms with van der Waals surface area (Å²) in [6, 6.07) is 3.77. The van der Waals surface area contributed by atoms with Crippen LogP contribution in [0.3, 0.4) is 0 Å². The van der Waals surface area contributed by atoms with Crippen LogP contribution in [-0.4, -0.2) is 32.7 Å². The van der Waals surface area contributed by atoms with Gasteiger partial charge in [-0.25, -0.2) is 9.78 Å². The van der Waals surface area contributed by atoms with Gasteiger partial charge in [-0.3, -0.25) is 4.84 Å². The van der Waals surface area contributed by atoms with E-state index in [1.165, 1.54) is 5.06 Å². The Morgan fingerprint density at radius 2 is 2.24 bits per heavy atom. The predicted molar refractivity (Wildman–Crippen MR) is 76.6 cm³/mol. The van der Waals surface area contributed by atoms with Gasteiger partial charge in [-0.2, -0.15) is 5.06 Å². The number of amides is 1. The summed E-state index contributed by atoms with van der Waals surface area (Å²) < 4.78 is 7.32. The zero-order valence-corrected chi connectivity index (χ0v) is 12.4. The summed E-state index contributed by atoms with van der Waals surface area (Å²) >= 11 is 0. The monoisotopic (exact) mass is 289 g/mol. The van der Waals surface area contributed by atoms with Crippen LogP contribution in [0.4, 0.5) is 4.79 Å². The Bertz CT molecular complexity index is 659. The molecule has 1 unspecified atom stereocenters. The molecule has 0 spiro atoms. The number of fused-ring (bicyclic) bond motifs is 1. The van der Waals surface area contributed by atoms with Gasteiger partial charge in [-0.05, 0) is 32.4 Å². The fraction of sp³-hybridized carbons (Fsp3) is 0.467. The lowest BCUT2D eigenvalue weighted by atomic mass is 10.1. The van der Waals surface area contributed by atoms with Crippen molar-refractivity contribution in [2.24, 2.45) is 0 Å². The van der Waals surface area contributed by atoms with Crippen LogP contribution in [0.15, 0.2) is 30.7 Å². The van der Waals surface area contributed by atoms with Crippen LogP contribution in [0, 0.1) is 0 Å². The van der Waals surface area contributed by atoms with Crippen molar-refractivity contribution < 1.29 is 14.4 Å². The van der Waals surface area contributed by atoms with E-state index in [1.807, 2.05) is 49.7 Å². The van der Waals surface area contributed by atoms with Crippen LogP contribution in [-0.2, 0) is 9.57 Å². The van der Waals surface area contributed by atoms with Crippen molar-refractivity contribution in [2.75, 3.05) is 6.61 Å². The van der Waals surface area contributed by atoms with Gasteiger partial charge < -0.3 is 9.14 Å². The van der Waals surface area contributed by atoms with E-state index in [0.717, 1.165) is 17.6 Å². The van der Waals surface area contributed by atoms with Crippen molar-refractivity contribution in [3.05, 3.63) is 36.3 Å². The minimum absolute atomic E-state index is 0.133. The van der Waals surface area contributed by atoms with Crippen molar-refractivity contribution >= 4 is 11.7 Å². The zero-order valence-electron chi connectivity index (χ0n) is 12.4. The van der Waals surface area contributed by atoms with Gasteiger partial charge in [-0.1, -0.05) is 6.07 Å². The molecule has 3 heterocycles. The summed E-state index contributed by atoms with van der Waals surface area (Å²) in [5.41, 5.74) is 1.34. The minimum Gasteiger partial charge on any atom is -0.442 e.